The molecule has 0 heterocycles. The van der Waals surface area contributed by atoms with Crippen molar-refractivity contribution in [2.75, 3.05) is 10.8 Å². The zero-order valence-electron chi connectivity index (χ0n) is 16.8. The molecule has 0 spiro atoms. The molecule has 3 aromatic carbocycles. The van der Waals surface area contributed by atoms with Crippen molar-refractivity contribution in [2.45, 2.75) is 4.90 Å². The number of anilines is 1. The smallest absolute Gasteiger partial charge is 0.270 e. The van der Waals surface area contributed by atoms with Crippen LogP contribution in [-0.4, -0.2) is 32.0 Å². The number of nitro groups is 1. The monoisotopic (exact) mass is 506 g/mol. The number of halogens is 2. The van der Waals surface area contributed by atoms with Crippen molar-refractivity contribution >= 4 is 56.7 Å². The minimum absolute atomic E-state index is 0.0333. The molecule has 3 rings (SSSR count). The summed E-state index contributed by atoms with van der Waals surface area (Å²) >= 11 is 12.1. The maximum Gasteiger partial charge on any atom is 0.270 e. The van der Waals surface area contributed by atoms with Gasteiger partial charge in [-0.15, -0.1) is 0 Å². The summed E-state index contributed by atoms with van der Waals surface area (Å²) in [7, 11) is -4.15. The van der Waals surface area contributed by atoms with Crippen LogP contribution in [0.3, 0.4) is 0 Å². The van der Waals surface area contributed by atoms with Gasteiger partial charge >= 0.3 is 0 Å². The van der Waals surface area contributed by atoms with Crippen LogP contribution in [0.4, 0.5) is 11.4 Å². The first-order valence-electron chi connectivity index (χ1n) is 9.27. The number of nitrogens with one attached hydrogen (secondary N) is 1. The molecule has 0 aliphatic rings. The Bertz CT molecular complexity index is 1300. The topological polar surface area (TPSA) is 122 Å². The van der Waals surface area contributed by atoms with Crippen molar-refractivity contribution in [3.8, 4) is 0 Å². The van der Waals surface area contributed by atoms with E-state index in [1.807, 2.05) is 0 Å². The predicted molar refractivity (Wildman–Crippen MR) is 126 cm³/mol. The van der Waals surface area contributed by atoms with Gasteiger partial charge in [0.15, 0.2) is 0 Å². The van der Waals surface area contributed by atoms with Gasteiger partial charge in [-0.05, 0) is 30.3 Å². The first-order valence-corrected chi connectivity index (χ1v) is 11.5. The van der Waals surface area contributed by atoms with Gasteiger partial charge < -0.3 is 0 Å². The summed E-state index contributed by atoms with van der Waals surface area (Å²) < 4.78 is 27.3. The quantitative estimate of drug-likeness (QED) is 0.278. The van der Waals surface area contributed by atoms with Crippen LogP contribution in [0.25, 0.3) is 0 Å². The third-order valence-corrected chi connectivity index (χ3v) is 6.46. The van der Waals surface area contributed by atoms with Crippen molar-refractivity contribution in [1.82, 2.24) is 5.43 Å². The summed E-state index contributed by atoms with van der Waals surface area (Å²) in [5.41, 5.74) is 2.55. The van der Waals surface area contributed by atoms with Crippen LogP contribution in [-0.2, 0) is 14.8 Å². The van der Waals surface area contributed by atoms with Gasteiger partial charge in [0.2, 0.25) is 0 Å². The number of nitro benzene ring substituents is 1. The van der Waals surface area contributed by atoms with Crippen LogP contribution >= 0.6 is 23.2 Å². The second kappa shape index (κ2) is 10.4. The molecule has 0 aromatic heterocycles. The van der Waals surface area contributed by atoms with Crippen molar-refractivity contribution < 1.29 is 18.1 Å². The number of benzene rings is 3. The highest BCUT2D eigenvalue weighted by atomic mass is 35.5. The largest absolute Gasteiger partial charge is 0.271 e. The van der Waals surface area contributed by atoms with Crippen LogP contribution in [0.5, 0.6) is 0 Å². The number of non-ortho nitro benzene ring substituents is 1. The van der Waals surface area contributed by atoms with E-state index in [2.05, 4.69) is 10.5 Å². The van der Waals surface area contributed by atoms with Crippen molar-refractivity contribution in [1.29, 1.82) is 0 Å². The van der Waals surface area contributed by atoms with E-state index in [-0.39, 0.29) is 26.3 Å². The third-order valence-electron chi connectivity index (χ3n) is 4.24. The lowest BCUT2D eigenvalue weighted by atomic mass is 10.2. The van der Waals surface area contributed by atoms with Gasteiger partial charge in [-0.3, -0.25) is 19.2 Å². The molecular weight excluding hydrogens is 491 g/mol. The van der Waals surface area contributed by atoms with Crippen LogP contribution in [0.1, 0.15) is 5.56 Å². The van der Waals surface area contributed by atoms with Gasteiger partial charge in [0, 0.05) is 27.7 Å². The standard InChI is InChI=1S/C21H16Cl2N4O5S/c22-16-10-17(23)12-19(11-16)26(33(31,32)20-7-2-1-3-8-20)14-21(28)25-24-13-15-5-4-6-18(9-15)27(29)30/h1-13H,14H2,(H,25,28)/b24-13-. The molecule has 1 amide bonds. The third kappa shape index (κ3) is 6.28. The molecule has 3 aromatic rings. The molecule has 0 bridgehead atoms. The maximum absolute atomic E-state index is 13.2. The average molecular weight is 507 g/mol. The number of carbonyl (C=O) groups excluding carboxylic acids is 1. The van der Waals surface area contributed by atoms with E-state index < -0.39 is 27.4 Å². The maximum atomic E-state index is 13.2. The molecule has 0 saturated carbocycles. The van der Waals surface area contributed by atoms with Gasteiger partial charge in [-0.25, -0.2) is 13.8 Å². The van der Waals surface area contributed by atoms with Gasteiger partial charge in [0.1, 0.15) is 6.54 Å². The SMILES string of the molecule is O=C(CN(c1cc(Cl)cc(Cl)c1)S(=O)(=O)c1ccccc1)N/N=C\c1cccc([N+](=O)[O-])c1. The number of rotatable bonds is 8. The average Bonchev–Trinajstić information content (AvgIpc) is 2.77. The van der Waals surface area contributed by atoms with E-state index in [9.17, 15) is 23.3 Å². The number of amides is 1. The fourth-order valence-corrected chi connectivity index (χ4v) is 4.72. The molecule has 9 nitrogen and oxygen atoms in total. The van der Waals surface area contributed by atoms with Crippen LogP contribution in [0, 0.1) is 10.1 Å². The molecule has 1 N–H and O–H groups in total. The molecule has 12 heteroatoms. The molecule has 0 aliphatic carbocycles. The minimum Gasteiger partial charge on any atom is -0.271 e. The fraction of sp³-hybridized carbons (Fsp3) is 0.0476. The van der Waals surface area contributed by atoms with E-state index in [1.54, 1.807) is 24.3 Å². The molecule has 0 unspecified atom stereocenters. The second-order valence-electron chi connectivity index (χ2n) is 6.60. The number of hydrogen-bond donors (Lipinski definition) is 1. The molecule has 0 atom stereocenters. The Labute approximate surface area is 199 Å². The van der Waals surface area contributed by atoms with Gasteiger partial charge in [-0.2, -0.15) is 5.10 Å². The zero-order chi connectivity index (χ0) is 24.0. The molecule has 0 fully saturated rings. The van der Waals surface area contributed by atoms with Crippen molar-refractivity contribution in [2.24, 2.45) is 5.10 Å². The summed E-state index contributed by atoms with van der Waals surface area (Å²) in [6, 6.07) is 17.4. The summed E-state index contributed by atoms with van der Waals surface area (Å²) in [5.74, 6) is -0.757. The van der Waals surface area contributed by atoms with Crippen molar-refractivity contribution in [3.63, 3.8) is 0 Å². The number of nitrogens with zero attached hydrogens (tertiary/aromatic N) is 3. The van der Waals surface area contributed by atoms with E-state index in [1.165, 1.54) is 54.7 Å². The Kier molecular flexibility index (Phi) is 7.64. The van der Waals surface area contributed by atoms with Crippen LogP contribution in [0.15, 0.2) is 82.8 Å². The first-order chi connectivity index (χ1) is 15.7. The van der Waals surface area contributed by atoms with Crippen molar-refractivity contribution in [3.05, 3.63) is 98.5 Å². The highest BCUT2D eigenvalue weighted by molar-refractivity contribution is 7.92. The summed E-state index contributed by atoms with van der Waals surface area (Å²) in [5, 5.41) is 15.0. The summed E-state index contributed by atoms with van der Waals surface area (Å²) in [4.78, 5) is 22.8. The highest BCUT2D eigenvalue weighted by Crippen LogP contribution is 2.29. The lowest BCUT2D eigenvalue weighted by Crippen LogP contribution is -2.39. The molecule has 0 saturated heterocycles. The van der Waals surface area contributed by atoms with E-state index >= 15 is 0 Å². The highest BCUT2D eigenvalue weighted by Gasteiger charge is 2.27. The molecule has 0 aliphatic heterocycles. The van der Waals surface area contributed by atoms with Crippen LogP contribution < -0.4 is 9.73 Å². The van der Waals surface area contributed by atoms with E-state index in [4.69, 9.17) is 23.2 Å². The normalized spacial score (nSPS) is 11.3. The summed E-state index contributed by atoms with van der Waals surface area (Å²) in [6.45, 7) is -0.625. The van der Waals surface area contributed by atoms with Gasteiger partial charge in [-0.1, -0.05) is 53.5 Å². The van der Waals surface area contributed by atoms with E-state index in [0.29, 0.717) is 5.56 Å². The minimum atomic E-state index is -4.15. The Balaban J connectivity index is 1.85. The first kappa shape index (κ1) is 24.2. The number of hydrazone groups is 1. The Morgan fingerprint density at radius 1 is 1.03 bits per heavy atom. The number of carbonyl (C=O) groups is 1. The molecular formula is C21H16Cl2N4O5S. The van der Waals surface area contributed by atoms with E-state index in [0.717, 1.165) is 4.31 Å². The molecule has 33 heavy (non-hydrogen) atoms. The zero-order valence-corrected chi connectivity index (χ0v) is 19.1. The Morgan fingerprint density at radius 2 is 1.70 bits per heavy atom. The number of sulfonamides is 1. The van der Waals surface area contributed by atoms with Gasteiger partial charge in [0.05, 0.1) is 21.7 Å². The van der Waals surface area contributed by atoms with Crippen LogP contribution in [0.2, 0.25) is 10.0 Å². The lowest BCUT2D eigenvalue weighted by molar-refractivity contribution is -0.384. The number of hydrogen-bond acceptors (Lipinski definition) is 6. The molecule has 170 valence electrons. The predicted octanol–water partition coefficient (Wildman–Crippen LogP) is 4.25. The summed E-state index contributed by atoms with van der Waals surface area (Å²) in [6.07, 6.45) is 1.21. The molecule has 0 radical (unpaired) electrons. The fourth-order valence-electron chi connectivity index (χ4n) is 2.78. The Morgan fingerprint density at radius 3 is 2.33 bits per heavy atom. The Hall–Kier alpha value is -3.47. The second-order valence-corrected chi connectivity index (χ2v) is 9.33. The lowest BCUT2D eigenvalue weighted by Gasteiger charge is -2.24. The van der Waals surface area contributed by atoms with Gasteiger partial charge in [0.25, 0.3) is 21.6 Å².